The van der Waals surface area contributed by atoms with Crippen molar-refractivity contribution in [3.8, 4) is 17.2 Å². The molecule has 1 atom stereocenters. The maximum atomic E-state index is 12.5. The van der Waals surface area contributed by atoms with Gasteiger partial charge < -0.3 is 19.9 Å². The highest BCUT2D eigenvalue weighted by Gasteiger charge is 2.49. The summed E-state index contributed by atoms with van der Waals surface area (Å²) < 4.78 is 54.9. The number of nitrogens with two attached hydrogens (primary N) is 1. The molecule has 1 spiro atoms. The van der Waals surface area contributed by atoms with Gasteiger partial charge in [-0.2, -0.15) is 13.2 Å². The molecule has 148 valence electrons. The summed E-state index contributed by atoms with van der Waals surface area (Å²) in [6, 6.07) is 17.9. The fourth-order valence-electron chi connectivity index (χ4n) is 4.01. The second-order valence-electron chi connectivity index (χ2n) is 7.05. The van der Waals surface area contributed by atoms with Crippen LogP contribution in [-0.2, 0) is 16.9 Å². The molecule has 2 heterocycles. The Balaban J connectivity index is 1.68. The van der Waals surface area contributed by atoms with Crippen LogP contribution in [0.1, 0.15) is 22.3 Å². The van der Waals surface area contributed by atoms with Crippen molar-refractivity contribution >= 4 is 5.69 Å². The van der Waals surface area contributed by atoms with Crippen molar-refractivity contribution in [2.45, 2.75) is 18.4 Å². The third kappa shape index (κ3) is 2.81. The fraction of sp³-hybridized carbons (Fsp3) is 0.182. The number of nitrogen functional groups attached to an aromatic ring is 1. The molecule has 0 saturated heterocycles. The zero-order valence-corrected chi connectivity index (χ0v) is 15.1. The highest BCUT2D eigenvalue weighted by molar-refractivity contribution is 5.66. The van der Waals surface area contributed by atoms with Crippen molar-refractivity contribution in [3.63, 3.8) is 0 Å². The summed E-state index contributed by atoms with van der Waals surface area (Å²) in [6.07, 6.45) is -4.42. The summed E-state index contributed by atoms with van der Waals surface area (Å²) in [5.74, 6) is 0.941. The Hall–Kier alpha value is -3.19. The molecule has 2 aliphatic rings. The average Bonchev–Trinajstić information content (AvgIpc) is 3.06. The van der Waals surface area contributed by atoms with E-state index in [9.17, 15) is 13.2 Å². The van der Waals surface area contributed by atoms with Crippen LogP contribution < -0.4 is 15.2 Å². The predicted molar refractivity (Wildman–Crippen MR) is 100 cm³/mol. The molecule has 0 saturated carbocycles. The average molecular weight is 399 g/mol. The lowest BCUT2D eigenvalue weighted by molar-refractivity contribution is -0.153. The molecule has 3 aromatic carbocycles. The summed E-state index contributed by atoms with van der Waals surface area (Å²) in [4.78, 5) is 0. The Bertz CT molecular complexity index is 1110. The molecule has 29 heavy (non-hydrogen) atoms. The molecule has 4 nitrogen and oxygen atoms in total. The smallest absolute Gasteiger partial charge is 0.422 e. The van der Waals surface area contributed by atoms with Gasteiger partial charge in [-0.25, -0.2) is 0 Å². The minimum absolute atomic E-state index is 0.0647. The van der Waals surface area contributed by atoms with Crippen molar-refractivity contribution in [2.24, 2.45) is 0 Å². The number of hydrogen-bond donors (Lipinski definition) is 1. The van der Waals surface area contributed by atoms with Gasteiger partial charge in [-0.15, -0.1) is 0 Å². The van der Waals surface area contributed by atoms with Gasteiger partial charge in [-0.3, -0.25) is 0 Å². The lowest BCUT2D eigenvalue weighted by atomic mass is 9.77. The van der Waals surface area contributed by atoms with E-state index in [4.69, 9.17) is 19.9 Å². The molecule has 2 aliphatic heterocycles. The quantitative estimate of drug-likeness (QED) is 0.607. The van der Waals surface area contributed by atoms with Gasteiger partial charge in [0.2, 0.25) is 0 Å². The summed E-state index contributed by atoms with van der Waals surface area (Å²) in [5.41, 5.74) is 9.05. The monoisotopic (exact) mass is 399 g/mol. The number of rotatable bonds is 2. The van der Waals surface area contributed by atoms with E-state index in [-0.39, 0.29) is 5.75 Å². The zero-order chi connectivity index (χ0) is 20.2. The Morgan fingerprint density at radius 1 is 0.931 bits per heavy atom. The molecule has 0 bridgehead atoms. The van der Waals surface area contributed by atoms with Crippen LogP contribution >= 0.6 is 0 Å². The minimum atomic E-state index is -4.42. The largest absolute Gasteiger partial charge is 0.484 e. The van der Waals surface area contributed by atoms with Crippen LogP contribution in [0.4, 0.5) is 18.9 Å². The van der Waals surface area contributed by atoms with Crippen molar-refractivity contribution in [1.82, 2.24) is 0 Å². The third-order valence-electron chi connectivity index (χ3n) is 5.18. The summed E-state index contributed by atoms with van der Waals surface area (Å²) in [6.45, 7) is -0.967. The van der Waals surface area contributed by atoms with Gasteiger partial charge in [-0.05, 0) is 35.4 Å². The standard InChI is InChI=1S/C22H16F3NO3/c23-21(24,25)12-27-15-6-8-18-20(10-15)29-19-9-14(26)5-7-17(19)22(18)16-4-2-1-3-13(16)11-28-22/h1-10H,11-12,26H2. The summed E-state index contributed by atoms with van der Waals surface area (Å²) >= 11 is 0. The van der Waals surface area contributed by atoms with Gasteiger partial charge in [0.15, 0.2) is 12.2 Å². The zero-order valence-electron chi connectivity index (χ0n) is 15.1. The van der Waals surface area contributed by atoms with Crippen LogP contribution in [0.25, 0.3) is 0 Å². The molecule has 0 radical (unpaired) electrons. The minimum Gasteiger partial charge on any atom is -0.484 e. The van der Waals surface area contributed by atoms with Crippen molar-refractivity contribution in [3.05, 3.63) is 82.9 Å². The SMILES string of the molecule is Nc1ccc2c(c1)Oc1cc(OCC(F)(F)F)ccc1C21OCc2ccccc21. The van der Waals surface area contributed by atoms with Crippen molar-refractivity contribution < 1.29 is 27.4 Å². The highest BCUT2D eigenvalue weighted by atomic mass is 19.4. The molecule has 2 N–H and O–H groups in total. The van der Waals surface area contributed by atoms with Gasteiger partial charge in [0.25, 0.3) is 0 Å². The van der Waals surface area contributed by atoms with Crippen LogP contribution in [0.15, 0.2) is 60.7 Å². The number of fused-ring (bicyclic) bond motifs is 6. The first kappa shape index (κ1) is 17.9. The maximum Gasteiger partial charge on any atom is 0.422 e. The van der Waals surface area contributed by atoms with Gasteiger partial charge in [0.1, 0.15) is 17.2 Å². The van der Waals surface area contributed by atoms with E-state index in [2.05, 4.69) is 0 Å². The van der Waals surface area contributed by atoms with Gasteiger partial charge in [-0.1, -0.05) is 24.3 Å². The van der Waals surface area contributed by atoms with E-state index in [0.29, 0.717) is 29.4 Å². The Kier molecular flexibility index (Phi) is 3.79. The van der Waals surface area contributed by atoms with Gasteiger partial charge in [0, 0.05) is 28.9 Å². The molecule has 7 heteroatoms. The lowest BCUT2D eigenvalue weighted by Crippen LogP contribution is -2.32. The van der Waals surface area contributed by atoms with Crippen molar-refractivity contribution in [1.29, 1.82) is 0 Å². The van der Waals surface area contributed by atoms with E-state index < -0.39 is 18.4 Å². The third-order valence-corrected chi connectivity index (χ3v) is 5.18. The van der Waals surface area contributed by atoms with Gasteiger partial charge in [0.05, 0.1) is 6.61 Å². The second-order valence-corrected chi connectivity index (χ2v) is 7.05. The van der Waals surface area contributed by atoms with E-state index in [1.165, 1.54) is 12.1 Å². The first-order valence-electron chi connectivity index (χ1n) is 9.01. The highest BCUT2D eigenvalue weighted by Crippen LogP contribution is 2.56. The van der Waals surface area contributed by atoms with Crippen LogP contribution in [0.5, 0.6) is 17.2 Å². The molecular formula is C22H16F3NO3. The Morgan fingerprint density at radius 3 is 2.45 bits per heavy atom. The maximum absolute atomic E-state index is 12.5. The van der Waals surface area contributed by atoms with Crippen LogP contribution in [-0.4, -0.2) is 12.8 Å². The van der Waals surface area contributed by atoms with E-state index in [1.807, 2.05) is 30.3 Å². The topological polar surface area (TPSA) is 53.7 Å². The van der Waals surface area contributed by atoms with Gasteiger partial charge >= 0.3 is 6.18 Å². The van der Waals surface area contributed by atoms with Crippen molar-refractivity contribution in [2.75, 3.05) is 12.3 Å². The normalized spacial score (nSPS) is 19.3. The molecule has 3 aromatic rings. The fourth-order valence-corrected chi connectivity index (χ4v) is 4.01. The first-order valence-corrected chi connectivity index (χ1v) is 9.01. The molecule has 1 unspecified atom stereocenters. The number of alkyl halides is 3. The van der Waals surface area contributed by atoms with E-state index >= 15 is 0 Å². The lowest BCUT2D eigenvalue weighted by Gasteiger charge is -2.37. The molecular weight excluding hydrogens is 383 g/mol. The number of halogens is 3. The number of ether oxygens (including phenoxy) is 3. The molecule has 0 fully saturated rings. The molecule has 0 aromatic heterocycles. The van der Waals surface area contributed by atoms with E-state index in [0.717, 1.165) is 16.7 Å². The second kappa shape index (κ2) is 6.15. The summed E-state index contributed by atoms with van der Waals surface area (Å²) in [5, 5.41) is 0. The van der Waals surface area contributed by atoms with Crippen LogP contribution in [0.3, 0.4) is 0 Å². The first-order chi connectivity index (χ1) is 13.9. The number of benzene rings is 3. The number of hydrogen-bond acceptors (Lipinski definition) is 4. The Morgan fingerprint density at radius 2 is 1.66 bits per heavy atom. The molecule has 5 rings (SSSR count). The Labute approximate surface area is 164 Å². The number of anilines is 1. The predicted octanol–water partition coefficient (Wildman–Crippen LogP) is 5.14. The summed E-state index contributed by atoms with van der Waals surface area (Å²) in [7, 11) is 0. The van der Waals surface area contributed by atoms with Crippen LogP contribution in [0.2, 0.25) is 0 Å². The molecule has 0 amide bonds. The van der Waals surface area contributed by atoms with Crippen LogP contribution in [0, 0.1) is 0 Å². The van der Waals surface area contributed by atoms with E-state index in [1.54, 1.807) is 18.2 Å². The molecule has 0 aliphatic carbocycles.